The average Bonchev–Trinajstić information content (AvgIpc) is 1.99. The number of carbonyl (C=O) groups is 1. The van der Waals surface area contributed by atoms with Crippen LogP contribution in [-0.2, 0) is 4.79 Å². The van der Waals surface area contributed by atoms with Crippen LogP contribution in [0, 0.1) is 0 Å². The highest BCUT2D eigenvalue weighted by molar-refractivity contribution is 5.78. The molecule has 0 aromatic carbocycles. The maximum atomic E-state index is 10.9. The van der Waals surface area contributed by atoms with Crippen molar-refractivity contribution in [2.45, 2.75) is 45.4 Å². The highest BCUT2D eigenvalue weighted by atomic mass is 16.2. The summed E-state index contributed by atoms with van der Waals surface area (Å²) in [5.74, 6) is 0.366. The third kappa shape index (κ3) is 7.53. The van der Waals surface area contributed by atoms with Crippen LogP contribution in [0.5, 0.6) is 0 Å². The Kier molecular flexibility index (Phi) is 7.47. The van der Waals surface area contributed by atoms with E-state index in [0.29, 0.717) is 12.2 Å². The summed E-state index contributed by atoms with van der Waals surface area (Å²) in [6.45, 7) is 2.27. The van der Waals surface area contributed by atoms with Crippen molar-refractivity contribution >= 4 is 5.78 Å². The first-order valence-electron chi connectivity index (χ1n) is 4.43. The van der Waals surface area contributed by atoms with Gasteiger partial charge >= 0.3 is 0 Å². The topological polar surface area (TPSA) is 37.3 Å². The van der Waals surface area contributed by atoms with E-state index >= 15 is 0 Å². The summed E-state index contributed by atoms with van der Waals surface area (Å²) in [6.07, 6.45) is 5.14. The first-order chi connectivity index (χ1) is 5.31. The minimum atomic E-state index is 0.252. The molecule has 0 amide bonds. The van der Waals surface area contributed by atoms with Gasteiger partial charge in [-0.1, -0.05) is 13.3 Å². The second-order valence-electron chi connectivity index (χ2n) is 2.82. The van der Waals surface area contributed by atoms with Gasteiger partial charge in [0.15, 0.2) is 0 Å². The Morgan fingerprint density at radius 1 is 1.18 bits per heavy atom. The molecule has 0 aromatic rings. The Labute approximate surface area is 68.6 Å². The third-order valence-electron chi connectivity index (χ3n) is 1.64. The molecule has 0 saturated heterocycles. The van der Waals surface area contributed by atoms with E-state index in [1.54, 1.807) is 0 Å². The second kappa shape index (κ2) is 7.73. The smallest absolute Gasteiger partial charge is 0.132 e. The van der Waals surface area contributed by atoms with E-state index in [2.05, 4.69) is 0 Å². The number of ketones is 1. The Bertz CT molecular complexity index is 99.7. The van der Waals surface area contributed by atoms with Crippen molar-refractivity contribution in [3.8, 4) is 0 Å². The molecule has 2 nitrogen and oxygen atoms in total. The Hall–Kier alpha value is -0.370. The van der Waals surface area contributed by atoms with Gasteiger partial charge in [-0.25, -0.2) is 0 Å². The molecule has 2 heteroatoms. The van der Waals surface area contributed by atoms with Gasteiger partial charge in [-0.05, 0) is 19.3 Å². The van der Waals surface area contributed by atoms with Crippen LogP contribution in [-0.4, -0.2) is 17.5 Å². The van der Waals surface area contributed by atoms with Gasteiger partial charge in [0, 0.05) is 19.4 Å². The zero-order chi connectivity index (χ0) is 8.53. The van der Waals surface area contributed by atoms with E-state index in [0.717, 1.165) is 32.1 Å². The van der Waals surface area contributed by atoms with Gasteiger partial charge in [-0.15, -0.1) is 0 Å². The lowest BCUT2D eigenvalue weighted by molar-refractivity contribution is -0.119. The summed E-state index contributed by atoms with van der Waals surface area (Å²) < 4.78 is 0. The third-order valence-corrected chi connectivity index (χ3v) is 1.64. The summed E-state index contributed by atoms with van der Waals surface area (Å²) in [6, 6.07) is 0. The molecule has 66 valence electrons. The molecule has 0 fully saturated rings. The molecule has 0 radical (unpaired) electrons. The predicted octanol–water partition coefficient (Wildman–Crippen LogP) is 1.91. The van der Waals surface area contributed by atoms with E-state index in [4.69, 9.17) is 5.11 Å². The fraction of sp³-hybridized carbons (Fsp3) is 0.889. The van der Waals surface area contributed by atoms with Gasteiger partial charge in [-0.3, -0.25) is 4.79 Å². The second-order valence-corrected chi connectivity index (χ2v) is 2.82. The van der Waals surface area contributed by atoms with E-state index in [1.165, 1.54) is 0 Å². The highest BCUT2D eigenvalue weighted by Crippen LogP contribution is 2.02. The standard InChI is InChI=1S/C9H18O2/c1-2-6-9(11)7-4-3-5-8-10/h10H,2-8H2,1H3. The van der Waals surface area contributed by atoms with Crippen LogP contribution in [0.3, 0.4) is 0 Å². The zero-order valence-electron chi connectivity index (χ0n) is 7.31. The maximum Gasteiger partial charge on any atom is 0.132 e. The largest absolute Gasteiger partial charge is 0.396 e. The Balaban J connectivity index is 3.04. The molecular formula is C9H18O2. The molecule has 0 aliphatic rings. The van der Waals surface area contributed by atoms with Gasteiger partial charge in [0.2, 0.25) is 0 Å². The summed E-state index contributed by atoms with van der Waals surface area (Å²) in [5.41, 5.74) is 0. The predicted molar refractivity (Wildman–Crippen MR) is 45.5 cm³/mol. The van der Waals surface area contributed by atoms with Gasteiger partial charge in [0.1, 0.15) is 5.78 Å². The minimum Gasteiger partial charge on any atom is -0.396 e. The number of rotatable bonds is 7. The molecule has 0 heterocycles. The maximum absolute atomic E-state index is 10.9. The quantitative estimate of drug-likeness (QED) is 0.575. The zero-order valence-corrected chi connectivity index (χ0v) is 7.31. The van der Waals surface area contributed by atoms with Crippen LogP contribution < -0.4 is 0 Å². The Morgan fingerprint density at radius 2 is 1.91 bits per heavy atom. The van der Waals surface area contributed by atoms with E-state index < -0.39 is 0 Å². The normalized spacial score (nSPS) is 10.0. The Morgan fingerprint density at radius 3 is 2.45 bits per heavy atom. The number of carbonyl (C=O) groups excluding carboxylic acids is 1. The number of unbranched alkanes of at least 4 members (excludes halogenated alkanes) is 2. The fourth-order valence-corrected chi connectivity index (χ4v) is 1.01. The van der Waals surface area contributed by atoms with Crippen LogP contribution in [0.4, 0.5) is 0 Å². The lowest BCUT2D eigenvalue weighted by Crippen LogP contribution is -1.96. The summed E-state index contributed by atoms with van der Waals surface area (Å²) in [7, 11) is 0. The van der Waals surface area contributed by atoms with Gasteiger partial charge in [-0.2, -0.15) is 0 Å². The highest BCUT2D eigenvalue weighted by Gasteiger charge is 1.98. The first-order valence-corrected chi connectivity index (χ1v) is 4.43. The van der Waals surface area contributed by atoms with Gasteiger partial charge in [0.05, 0.1) is 0 Å². The van der Waals surface area contributed by atoms with Crippen molar-refractivity contribution in [2.24, 2.45) is 0 Å². The molecule has 0 aromatic heterocycles. The molecule has 0 aliphatic heterocycles. The lowest BCUT2D eigenvalue weighted by Gasteiger charge is -1.97. The number of aliphatic hydroxyl groups excluding tert-OH is 1. The van der Waals surface area contributed by atoms with Crippen molar-refractivity contribution < 1.29 is 9.90 Å². The van der Waals surface area contributed by atoms with E-state index in [1.807, 2.05) is 6.92 Å². The van der Waals surface area contributed by atoms with Crippen LogP contribution in [0.1, 0.15) is 45.4 Å². The average molecular weight is 158 g/mol. The van der Waals surface area contributed by atoms with Crippen molar-refractivity contribution in [3.05, 3.63) is 0 Å². The lowest BCUT2D eigenvalue weighted by atomic mass is 10.1. The van der Waals surface area contributed by atoms with Crippen molar-refractivity contribution in [3.63, 3.8) is 0 Å². The molecule has 11 heavy (non-hydrogen) atoms. The van der Waals surface area contributed by atoms with Gasteiger partial charge < -0.3 is 5.11 Å². The first kappa shape index (κ1) is 10.6. The molecule has 0 spiro atoms. The van der Waals surface area contributed by atoms with Crippen molar-refractivity contribution in [2.75, 3.05) is 6.61 Å². The van der Waals surface area contributed by atoms with Crippen LogP contribution in [0.15, 0.2) is 0 Å². The van der Waals surface area contributed by atoms with Gasteiger partial charge in [0.25, 0.3) is 0 Å². The van der Waals surface area contributed by atoms with E-state index in [9.17, 15) is 4.79 Å². The molecule has 1 N–H and O–H groups in total. The van der Waals surface area contributed by atoms with Crippen LogP contribution in [0.2, 0.25) is 0 Å². The molecule has 0 aliphatic carbocycles. The van der Waals surface area contributed by atoms with Crippen LogP contribution >= 0.6 is 0 Å². The molecule has 0 rings (SSSR count). The molecule has 0 atom stereocenters. The number of aliphatic hydroxyl groups is 1. The molecule has 0 bridgehead atoms. The SMILES string of the molecule is CCCC(=O)CCCCCO. The summed E-state index contributed by atoms with van der Waals surface area (Å²) >= 11 is 0. The molecule has 0 saturated carbocycles. The van der Waals surface area contributed by atoms with Crippen molar-refractivity contribution in [1.29, 1.82) is 0 Å². The van der Waals surface area contributed by atoms with E-state index in [-0.39, 0.29) is 6.61 Å². The monoisotopic (exact) mass is 158 g/mol. The summed E-state index contributed by atoms with van der Waals surface area (Å²) in [4.78, 5) is 10.9. The molecule has 0 unspecified atom stereocenters. The minimum absolute atomic E-state index is 0.252. The van der Waals surface area contributed by atoms with Crippen molar-refractivity contribution in [1.82, 2.24) is 0 Å². The number of hydrogen-bond donors (Lipinski definition) is 1. The fourth-order valence-electron chi connectivity index (χ4n) is 1.01. The summed E-state index contributed by atoms with van der Waals surface area (Å²) in [5, 5.41) is 8.45. The van der Waals surface area contributed by atoms with Crippen LogP contribution in [0.25, 0.3) is 0 Å². The molecular weight excluding hydrogens is 140 g/mol. The number of Topliss-reactive ketones (excluding diaryl/α,β-unsaturated/α-hetero) is 1. The number of hydrogen-bond acceptors (Lipinski definition) is 2.